The van der Waals surface area contributed by atoms with Crippen molar-refractivity contribution in [3.63, 3.8) is 0 Å². The number of thioether (sulfide) groups is 1. The van der Waals surface area contributed by atoms with E-state index in [1.54, 1.807) is 10.7 Å². The van der Waals surface area contributed by atoms with Crippen LogP contribution in [0.3, 0.4) is 0 Å². The molecule has 1 unspecified atom stereocenters. The lowest BCUT2D eigenvalue weighted by Gasteiger charge is -2.13. The molecule has 0 radical (unpaired) electrons. The quantitative estimate of drug-likeness (QED) is 0.831. The van der Waals surface area contributed by atoms with E-state index in [2.05, 4.69) is 30.9 Å². The molecular weight excluding hydrogens is 262 g/mol. The van der Waals surface area contributed by atoms with Crippen molar-refractivity contribution < 1.29 is 10.2 Å². The zero-order valence-electron chi connectivity index (χ0n) is 11.4. The summed E-state index contributed by atoms with van der Waals surface area (Å²) in [6, 6.07) is 2.03. The number of aromatic nitrogens is 3. The molecule has 0 fully saturated rings. The van der Waals surface area contributed by atoms with Crippen LogP contribution in [0.4, 0.5) is 0 Å². The van der Waals surface area contributed by atoms with Gasteiger partial charge in [-0.05, 0) is 6.07 Å². The van der Waals surface area contributed by atoms with Gasteiger partial charge in [0.15, 0.2) is 0 Å². The number of aliphatic hydroxyl groups is 2. The Morgan fingerprint density at radius 1 is 1.42 bits per heavy atom. The minimum absolute atomic E-state index is 0.0153. The number of hydrogen-bond donors (Lipinski definition) is 2. The second-order valence-corrected chi connectivity index (χ2v) is 6.50. The van der Waals surface area contributed by atoms with Crippen LogP contribution in [0.25, 0.3) is 5.52 Å². The van der Waals surface area contributed by atoms with E-state index in [0.717, 1.165) is 16.2 Å². The van der Waals surface area contributed by atoms with E-state index in [4.69, 9.17) is 5.11 Å². The summed E-state index contributed by atoms with van der Waals surface area (Å²) in [5, 5.41) is 23.6. The van der Waals surface area contributed by atoms with Gasteiger partial charge in [-0.15, -0.1) is 11.8 Å². The molecule has 104 valence electrons. The number of nitrogens with zero attached hydrogens (tertiary/aromatic N) is 3. The number of aliphatic hydroxyl groups excluding tert-OH is 2. The van der Waals surface area contributed by atoms with Gasteiger partial charge in [0.1, 0.15) is 5.03 Å². The summed E-state index contributed by atoms with van der Waals surface area (Å²) in [5.41, 5.74) is 1.92. The molecular formula is C13H19N3O2S. The summed E-state index contributed by atoms with van der Waals surface area (Å²) in [4.78, 5) is 4.32. The highest BCUT2D eigenvalue weighted by Gasteiger charge is 2.19. The molecule has 0 bridgehead atoms. The third-order valence-electron chi connectivity index (χ3n) is 2.75. The van der Waals surface area contributed by atoms with Gasteiger partial charge in [-0.2, -0.15) is 5.10 Å². The van der Waals surface area contributed by atoms with Crippen LogP contribution < -0.4 is 0 Å². The molecule has 0 saturated carbocycles. The first kappa shape index (κ1) is 14.3. The van der Waals surface area contributed by atoms with Crippen LogP contribution >= 0.6 is 11.8 Å². The Morgan fingerprint density at radius 2 is 2.16 bits per heavy atom. The Bertz CT molecular complexity index is 563. The summed E-state index contributed by atoms with van der Waals surface area (Å²) >= 11 is 1.42. The van der Waals surface area contributed by atoms with E-state index in [1.165, 1.54) is 11.8 Å². The summed E-state index contributed by atoms with van der Waals surface area (Å²) in [6.45, 7) is 6.11. The predicted molar refractivity (Wildman–Crippen MR) is 75.5 cm³/mol. The van der Waals surface area contributed by atoms with Gasteiger partial charge < -0.3 is 10.2 Å². The van der Waals surface area contributed by atoms with Crippen molar-refractivity contribution in [3.05, 3.63) is 24.2 Å². The van der Waals surface area contributed by atoms with Crippen LogP contribution in [0, 0.1) is 0 Å². The smallest absolute Gasteiger partial charge is 0.122 e. The molecule has 0 saturated heterocycles. The Labute approximate surface area is 116 Å². The minimum atomic E-state index is -0.725. The highest BCUT2D eigenvalue weighted by molar-refractivity contribution is 7.99. The molecule has 0 aliphatic rings. The molecule has 1 atom stereocenters. The van der Waals surface area contributed by atoms with Crippen molar-refractivity contribution in [2.24, 2.45) is 0 Å². The first-order valence-corrected chi connectivity index (χ1v) is 7.17. The highest BCUT2D eigenvalue weighted by Crippen LogP contribution is 2.27. The Morgan fingerprint density at radius 3 is 2.79 bits per heavy atom. The topological polar surface area (TPSA) is 70.7 Å². The lowest BCUT2D eigenvalue weighted by atomic mass is 9.92. The van der Waals surface area contributed by atoms with Crippen molar-refractivity contribution in [1.82, 2.24) is 14.6 Å². The summed E-state index contributed by atoms with van der Waals surface area (Å²) < 4.78 is 1.81. The minimum Gasteiger partial charge on any atom is -0.394 e. The van der Waals surface area contributed by atoms with Gasteiger partial charge in [-0.3, -0.25) is 0 Å². The molecule has 2 rings (SSSR count). The number of rotatable bonds is 4. The largest absolute Gasteiger partial charge is 0.394 e. The van der Waals surface area contributed by atoms with Crippen LogP contribution in [0.15, 0.2) is 23.5 Å². The molecule has 2 aromatic rings. The van der Waals surface area contributed by atoms with Gasteiger partial charge in [0.25, 0.3) is 0 Å². The molecule has 0 aliphatic heterocycles. The lowest BCUT2D eigenvalue weighted by molar-refractivity contribution is 0.113. The monoisotopic (exact) mass is 281 g/mol. The summed E-state index contributed by atoms with van der Waals surface area (Å²) in [5.74, 6) is 0.416. The maximum Gasteiger partial charge on any atom is 0.122 e. The number of fused-ring (bicyclic) bond motifs is 1. The van der Waals surface area contributed by atoms with Crippen LogP contribution in [-0.4, -0.2) is 43.3 Å². The second kappa shape index (κ2) is 5.48. The van der Waals surface area contributed by atoms with E-state index in [0.29, 0.717) is 5.75 Å². The molecule has 2 aromatic heterocycles. The predicted octanol–water partition coefficient (Wildman–Crippen LogP) is 1.47. The lowest BCUT2D eigenvalue weighted by Crippen LogP contribution is -2.14. The Kier molecular flexibility index (Phi) is 4.13. The van der Waals surface area contributed by atoms with Gasteiger partial charge in [-0.1, -0.05) is 20.8 Å². The SMILES string of the molecule is CC(C)(C)c1cc2c(SCC(O)CO)nccn2n1. The average molecular weight is 281 g/mol. The Hall–Kier alpha value is -1.11. The van der Waals surface area contributed by atoms with Gasteiger partial charge in [0.2, 0.25) is 0 Å². The third-order valence-corrected chi connectivity index (χ3v) is 3.89. The van der Waals surface area contributed by atoms with Crippen molar-refractivity contribution in [2.45, 2.75) is 37.3 Å². The van der Waals surface area contributed by atoms with Crippen molar-refractivity contribution >= 4 is 17.3 Å². The highest BCUT2D eigenvalue weighted by atomic mass is 32.2. The standard InChI is InChI=1S/C13H19N3O2S/c1-13(2,3)11-6-10-12(19-8-9(18)7-17)14-4-5-16(10)15-11/h4-6,9,17-18H,7-8H2,1-3H3. The van der Waals surface area contributed by atoms with Crippen LogP contribution in [0.5, 0.6) is 0 Å². The van der Waals surface area contributed by atoms with Crippen molar-refractivity contribution in [2.75, 3.05) is 12.4 Å². The first-order chi connectivity index (χ1) is 8.91. The molecule has 0 aromatic carbocycles. The molecule has 0 spiro atoms. The van der Waals surface area contributed by atoms with Crippen molar-refractivity contribution in [1.29, 1.82) is 0 Å². The van der Waals surface area contributed by atoms with Crippen LogP contribution in [0.2, 0.25) is 0 Å². The zero-order chi connectivity index (χ0) is 14.0. The molecule has 0 amide bonds. The van der Waals surface area contributed by atoms with Gasteiger partial charge >= 0.3 is 0 Å². The average Bonchev–Trinajstić information content (AvgIpc) is 2.80. The van der Waals surface area contributed by atoms with Gasteiger partial charge in [0, 0.05) is 23.6 Å². The third kappa shape index (κ3) is 3.26. The van der Waals surface area contributed by atoms with Crippen LogP contribution in [-0.2, 0) is 5.41 Å². The molecule has 6 heteroatoms. The normalized spacial score (nSPS) is 13.9. The van der Waals surface area contributed by atoms with E-state index >= 15 is 0 Å². The summed E-state index contributed by atoms with van der Waals surface area (Å²) in [6.07, 6.45) is 2.79. The summed E-state index contributed by atoms with van der Waals surface area (Å²) in [7, 11) is 0. The molecule has 19 heavy (non-hydrogen) atoms. The van der Waals surface area contributed by atoms with Gasteiger partial charge in [0.05, 0.1) is 23.9 Å². The zero-order valence-corrected chi connectivity index (χ0v) is 12.2. The Balaban J connectivity index is 2.32. The molecule has 0 aliphatic carbocycles. The second-order valence-electron chi connectivity index (χ2n) is 5.49. The molecule has 2 heterocycles. The van der Waals surface area contributed by atoms with E-state index in [9.17, 15) is 5.11 Å². The van der Waals surface area contributed by atoms with Crippen LogP contribution in [0.1, 0.15) is 26.5 Å². The fourth-order valence-electron chi connectivity index (χ4n) is 1.60. The van der Waals surface area contributed by atoms with Crippen molar-refractivity contribution in [3.8, 4) is 0 Å². The molecule has 5 nitrogen and oxygen atoms in total. The fourth-order valence-corrected chi connectivity index (χ4v) is 2.50. The number of hydrogen-bond acceptors (Lipinski definition) is 5. The van der Waals surface area contributed by atoms with E-state index in [-0.39, 0.29) is 12.0 Å². The first-order valence-electron chi connectivity index (χ1n) is 6.18. The maximum absolute atomic E-state index is 9.40. The maximum atomic E-state index is 9.40. The fraction of sp³-hybridized carbons (Fsp3) is 0.538. The van der Waals surface area contributed by atoms with E-state index < -0.39 is 6.10 Å². The van der Waals surface area contributed by atoms with E-state index in [1.807, 2.05) is 12.3 Å². The molecule has 2 N–H and O–H groups in total. The van der Waals surface area contributed by atoms with Gasteiger partial charge in [-0.25, -0.2) is 9.50 Å².